The summed E-state index contributed by atoms with van der Waals surface area (Å²) in [5, 5.41) is 10.0. The Morgan fingerprint density at radius 3 is 2.42 bits per heavy atom. The lowest BCUT2D eigenvalue weighted by Crippen LogP contribution is -2.52. The minimum atomic E-state index is -1.34. The lowest BCUT2D eigenvalue weighted by molar-refractivity contribution is -0.131. The van der Waals surface area contributed by atoms with E-state index in [1.54, 1.807) is 24.3 Å². The molecule has 24 heavy (non-hydrogen) atoms. The Kier molecular flexibility index (Phi) is 7.20. The molecule has 132 valence electrons. The largest absolute Gasteiger partial charge is 0.382 e. The minimum Gasteiger partial charge on any atom is -0.382 e. The average Bonchev–Trinajstić information content (AvgIpc) is 2.60. The van der Waals surface area contributed by atoms with Gasteiger partial charge in [-0.3, -0.25) is 20.4 Å². The predicted octanol–water partition coefficient (Wildman–Crippen LogP) is 1.87. The van der Waals surface area contributed by atoms with E-state index in [-0.39, 0.29) is 0 Å². The van der Waals surface area contributed by atoms with Crippen LogP contribution < -0.4 is 16.6 Å². The van der Waals surface area contributed by atoms with Crippen molar-refractivity contribution in [2.24, 2.45) is 11.7 Å². The molecule has 0 radical (unpaired) electrons. The van der Waals surface area contributed by atoms with Crippen LogP contribution in [0, 0.1) is 5.92 Å². The molecule has 0 heterocycles. The van der Waals surface area contributed by atoms with E-state index in [1.165, 1.54) is 19.3 Å². The first-order valence-electron chi connectivity index (χ1n) is 8.27. The molecule has 6 nitrogen and oxygen atoms in total. The number of hydrogen-bond acceptors (Lipinski definition) is 4. The molecule has 0 spiro atoms. The Balaban J connectivity index is 1.77. The number of nitrogens with two attached hydrogens (primary N) is 1. The molecule has 0 aromatic heterocycles. The summed E-state index contributed by atoms with van der Waals surface area (Å²) in [6.45, 7) is 0. The molecule has 0 bridgehead atoms. The lowest BCUT2D eigenvalue weighted by atomic mass is 9.84. The standard InChI is InChI=1S/C17H24BrN3O3/c18-13-8-6-12(7-9-13)16(23)20-21-17(24)15(22)14(19)10-11-4-2-1-3-5-11/h6-9,11,14-15,22H,1-5,10,19H2,(H,20,23)(H,21,24)/t14-,15?/m1/s1. The van der Waals surface area contributed by atoms with Crippen LogP contribution in [0.1, 0.15) is 48.9 Å². The van der Waals surface area contributed by atoms with Gasteiger partial charge < -0.3 is 10.8 Å². The summed E-state index contributed by atoms with van der Waals surface area (Å²) in [5.74, 6) is -0.679. The molecule has 2 amide bonds. The molecule has 2 rings (SSSR count). The highest BCUT2D eigenvalue weighted by Crippen LogP contribution is 2.27. The fourth-order valence-corrected chi connectivity index (χ4v) is 3.26. The number of amides is 2. The maximum atomic E-state index is 12.0. The van der Waals surface area contributed by atoms with E-state index in [0.29, 0.717) is 17.9 Å². The van der Waals surface area contributed by atoms with Crippen molar-refractivity contribution in [2.75, 3.05) is 0 Å². The third-order valence-corrected chi connectivity index (χ3v) is 4.94. The normalized spacial score (nSPS) is 17.8. The van der Waals surface area contributed by atoms with Gasteiger partial charge in [-0.25, -0.2) is 0 Å². The van der Waals surface area contributed by atoms with Gasteiger partial charge in [0, 0.05) is 16.1 Å². The van der Waals surface area contributed by atoms with E-state index in [2.05, 4.69) is 26.8 Å². The number of carbonyl (C=O) groups excluding carboxylic acids is 2. The van der Waals surface area contributed by atoms with Crippen molar-refractivity contribution in [2.45, 2.75) is 50.7 Å². The maximum absolute atomic E-state index is 12.0. The molecule has 1 aromatic carbocycles. The summed E-state index contributed by atoms with van der Waals surface area (Å²) in [6.07, 6.45) is 5.10. The summed E-state index contributed by atoms with van der Waals surface area (Å²) in [5.41, 5.74) is 10.9. The lowest BCUT2D eigenvalue weighted by Gasteiger charge is -2.26. The first-order chi connectivity index (χ1) is 11.5. The van der Waals surface area contributed by atoms with E-state index in [9.17, 15) is 14.7 Å². The molecular weight excluding hydrogens is 374 g/mol. The maximum Gasteiger partial charge on any atom is 0.269 e. The predicted molar refractivity (Wildman–Crippen MR) is 94.9 cm³/mol. The zero-order valence-electron chi connectivity index (χ0n) is 13.5. The van der Waals surface area contributed by atoms with Crippen molar-refractivity contribution in [1.29, 1.82) is 0 Å². The van der Waals surface area contributed by atoms with Gasteiger partial charge in [-0.1, -0.05) is 48.0 Å². The molecule has 0 aliphatic heterocycles. The summed E-state index contributed by atoms with van der Waals surface area (Å²) in [6, 6.07) is 6.07. The van der Waals surface area contributed by atoms with Crippen LogP contribution in [-0.4, -0.2) is 29.1 Å². The van der Waals surface area contributed by atoms with Crippen molar-refractivity contribution < 1.29 is 14.7 Å². The Labute approximate surface area is 150 Å². The van der Waals surface area contributed by atoms with Gasteiger partial charge >= 0.3 is 0 Å². The summed E-state index contributed by atoms with van der Waals surface area (Å²) < 4.78 is 0.854. The number of carbonyl (C=O) groups is 2. The van der Waals surface area contributed by atoms with Gasteiger partial charge in [0.05, 0.1) is 0 Å². The molecule has 1 saturated carbocycles. The van der Waals surface area contributed by atoms with Crippen LogP contribution in [0.25, 0.3) is 0 Å². The SMILES string of the molecule is N[C@H](CC1CCCCC1)C(O)C(=O)NNC(=O)c1ccc(Br)cc1. The zero-order chi connectivity index (χ0) is 17.5. The van der Waals surface area contributed by atoms with Crippen molar-refractivity contribution >= 4 is 27.7 Å². The van der Waals surface area contributed by atoms with Gasteiger partial charge in [0.25, 0.3) is 11.8 Å². The van der Waals surface area contributed by atoms with E-state index in [0.717, 1.165) is 17.3 Å². The summed E-state index contributed by atoms with van der Waals surface area (Å²) in [4.78, 5) is 23.9. The van der Waals surface area contributed by atoms with Crippen LogP contribution in [0.15, 0.2) is 28.7 Å². The monoisotopic (exact) mass is 397 g/mol. The number of hydrogen-bond donors (Lipinski definition) is 4. The van der Waals surface area contributed by atoms with Crippen molar-refractivity contribution in [1.82, 2.24) is 10.9 Å². The third kappa shape index (κ3) is 5.58. The summed E-state index contributed by atoms with van der Waals surface area (Å²) in [7, 11) is 0. The third-order valence-electron chi connectivity index (χ3n) is 4.41. The average molecular weight is 398 g/mol. The van der Waals surface area contributed by atoms with Gasteiger partial charge in [-0.2, -0.15) is 0 Å². The number of aliphatic hydroxyl groups is 1. The molecule has 1 aliphatic carbocycles. The Bertz CT molecular complexity index is 559. The number of aliphatic hydroxyl groups excluding tert-OH is 1. The van der Waals surface area contributed by atoms with E-state index >= 15 is 0 Å². The smallest absolute Gasteiger partial charge is 0.269 e. The van der Waals surface area contributed by atoms with E-state index < -0.39 is 24.0 Å². The Morgan fingerprint density at radius 1 is 1.17 bits per heavy atom. The van der Waals surface area contributed by atoms with Gasteiger partial charge in [0.1, 0.15) is 6.10 Å². The quantitative estimate of drug-likeness (QED) is 0.569. The fraction of sp³-hybridized carbons (Fsp3) is 0.529. The highest BCUT2D eigenvalue weighted by Gasteiger charge is 2.26. The topological polar surface area (TPSA) is 104 Å². The van der Waals surface area contributed by atoms with Crippen LogP contribution in [0.5, 0.6) is 0 Å². The van der Waals surface area contributed by atoms with Crippen molar-refractivity contribution in [3.8, 4) is 0 Å². The zero-order valence-corrected chi connectivity index (χ0v) is 15.1. The molecule has 0 saturated heterocycles. The number of hydrazine groups is 1. The first-order valence-corrected chi connectivity index (χ1v) is 9.06. The van der Waals surface area contributed by atoms with Gasteiger partial charge in [-0.05, 0) is 36.6 Å². The fourth-order valence-electron chi connectivity index (χ4n) is 3.00. The molecule has 1 unspecified atom stereocenters. The Morgan fingerprint density at radius 2 is 1.79 bits per heavy atom. The molecule has 1 fully saturated rings. The summed E-state index contributed by atoms with van der Waals surface area (Å²) >= 11 is 3.28. The number of halogens is 1. The van der Waals surface area contributed by atoms with Gasteiger partial charge in [0.15, 0.2) is 0 Å². The highest BCUT2D eigenvalue weighted by molar-refractivity contribution is 9.10. The van der Waals surface area contributed by atoms with Crippen molar-refractivity contribution in [3.63, 3.8) is 0 Å². The second kappa shape index (κ2) is 9.15. The highest BCUT2D eigenvalue weighted by atomic mass is 79.9. The van der Waals surface area contributed by atoms with E-state index in [1.807, 2.05) is 0 Å². The minimum absolute atomic E-state index is 0.402. The molecule has 2 atom stereocenters. The Hall–Kier alpha value is -1.44. The van der Waals surface area contributed by atoms with E-state index in [4.69, 9.17) is 5.73 Å². The molecule has 1 aromatic rings. The van der Waals surface area contributed by atoms with Gasteiger partial charge in [-0.15, -0.1) is 0 Å². The van der Waals surface area contributed by atoms with Gasteiger partial charge in [0.2, 0.25) is 0 Å². The second-order valence-corrected chi connectivity index (χ2v) is 7.21. The molecular formula is C17H24BrN3O3. The number of benzene rings is 1. The van der Waals surface area contributed by atoms with Crippen LogP contribution in [0.3, 0.4) is 0 Å². The first kappa shape index (κ1) is 18.9. The van der Waals surface area contributed by atoms with Crippen LogP contribution in [-0.2, 0) is 4.79 Å². The van der Waals surface area contributed by atoms with Crippen LogP contribution in [0.2, 0.25) is 0 Å². The molecule has 5 N–H and O–H groups in total. The number of nitrogens with one attached hydrogen (secondary N) is 2. The second-order valence-electron chi connectivity index (χ2n) is 6.30. The van der Waals surface area contributed by atoms with Crippen molar-refractivity contribution in [3.05, 3.63) is 34.3 Å². The van der Waals surface area contributed by atoms with Crippen LogP contribution in [0.4, 0.5) is 0 Å². The molecule has 7 heteroatoms. The molecule has 1 aliphatic rings. The number of rotatable bonds is 5. The van der Waals surface area contributed by atoms with Crippen LogP contribution >= 0.6 is 15.9 Å².